The van der Waals surface area contributed by atoms with Crippen LogP contribution in [0.25, 0.3) is 0 Å². The van der Waals surface area contributed by atoms with Gasteiger partial charge in [-0.1, -0.05) is 47.1 Å². The lowest BCUT2D eigenvalue weighted by Gasteiger charge is -2.10. The van der Waals surface area contributed by atoms with Crippen molar-refractivity contribution in [3.63, 3.8) is 0 Å². The number of halogens is 1. The van der Waals surface area contributed by atoms with Gasteiger partial charge in [0.1, 0.15) is 5.75 Å². The molecule has 0 spiro atoms. The Bertz CT molecular complexity index is 648. The molecule has 0 bridgehead atoms. The number of benzene rings is 2. The summed E-state index contributed by atoms with van der Waals surface area (Å²) in [5.41, 5.74) is 2.06. The fraction of sp³-hybridized carbons (Fsp3) is 0.278. The molecule has 1 N–H and O–H groups in total. The molecule has 1 amide bonds. The summed E-state index contributed by atoms with van der Waals surface area (Å²) >= 11 is 4.98. The summed E-state index contributed by atoms with van der Waals surface area (Å²) in [7, 11) is 0. The van der Waals surface area contributed by atoms with Crippen LogP contribution >= 0.6 is 27.7 Å². The van der Waals surface area contributed by atoms with Crippen molar-refractivity contribution in [1.29, 1.82) is 0 Å². The number of para-hydroxylation sites is 1. The van der Waals surface area contributed by atoms with Gasteiger partial charge in [0.05, 0.1) is 12.4 Å². The lowest BCUT2D eigenvalue weighted by atomic mass is 10.1. The van der Waals surface area contributed by atoms with E-state index in [1.165, 1.54) is 0 Å². The predicted molar refractivity (Wildman–Crippen MR) is 101 cm³/mol. The maximum absolute atomic E-state index is 12.0. The highest BCUT2D eigenvalue weighted by molar-refractivity contribution is 9.10. The normalized spacial score (nSPS) is 10.3. The zero-order valence-electron chi connectivity index (χ0n) is 13.0. The van der Waals surface area contributed by atoms with Crippen LogP contribution in [0.2, 0.25) is 0 Å². The van der Waals surface area contributed by atoms with Crippen LogP contribution in [0.1, 0.15) is 12.5 Å². The van der Waals surface area contributed by atoms with Crippen molar-refractivity contribution in [3.8, 4) is 5.75 Å². The summed E-state index contributed by atoms with van der Waals surface area (Å²) in [6, 6.07) is 15.6. The van der Waals surface area contributed by atoms with Crippen LogP contribution in [0.5, 0.6) is 5.75 Å². The van der Waals surface area contributed by atoms with Crippen LogP contribution in [0.15, 0.2) is 53.0 Å². The number of hydrogen-bond donors (Lipinski definition) is 1. The van der Waals surface area contributed by atoms with E-state index in [1.54, 1.807) is 11.8 Å². The Morgan fingerprint density at radius 3 is 2.83 bits per heavy atom. The molecule has 2 rings (SSSR count). The van der Waals surface area contributed by atoms with Crippen molar-refractivity contribution >= 4 is 39.3 Å². The second-order valence-electron chi connectivity index (χ2n) is 4.92. The molecule has 5 heteroatoms. The van der Waals surface area contributed by atoms with Crippen LogP contribution < -0.4 is 10.1 Å². The van der Waals surface area contributed by atoms with E-state index in [1.807, 2.05) is 48.5 Å². The second kappa shape index (κ2) is 9.63. The van der Waals surface area contributed by atoms with Gasteiger partial charge < -0.3 is 10.1 Å². The summed E-state index contributed by atoms with van der Waals surface area (Å²) in [5, 5.41) is 2.97. The van der Waals surface area contributed by atoms with Gasteiger partial charge in [0.25, 0.3) is 0 Å². The van der Waals surface area contributed by atoms with Crippen molar-refractivity contribution in [3.05, 3.63) is 58.6 Å². The summed E-state index contributed by atoms with van der Waals surface area (Å²) < 4.78 is 6.64. The van der Waals surface area contributed by atoms with Crippen molar-refractivity contribution in [2.75, 3.05) is 23.4 Å². The van der Waals surface area contributed by atoms with E-state index in [9.17, 15) is 4.79 Å². The third kappa shape index (κ3) is 6.28. The molecule has 0 radical (unpaired) electrons. The van der Waals surface area contributed by atoms with Gasteiger partial charge in [0, 0.05) is 15.9 Å². The Hall–Kier alpha value is -1.46. The molecular weight excluding hydrogens is 374 g/mol. The Morgan fingerprint density at radius 2 is 2.04 bits per heavy atom. The first kappa shape index (κ1) is 17.9. The molecule has 0 atom stereocenters. The number of aryl methyl sites for hydroxylation is 1. The van der Waals surface area contributed by atoms with E-state index in [0.29, 0.717) is 12.4 Å². The summed E-state index contributed by atoms with van der Waals surface area (Å²) in [6.45, 7) is 2.67. The molecular formula is C18H20BrNO2S. The highest BCUT2D eigenvalue weighted by Crippen LogP contribution is 2.18. The van der Waals surface area contributed by atoms with Crippen LogP contribution in [0, 0.1) is 0 Å². The first-order chi connectivity index (χ1) is 11.2. The Kier molecular flexibility index (Phi) is 7.49. The number of hydrogen-bond acceptors (Lipinski definition) is 3. The van der Waals surface area contributed by atoms with E-state index in [-0.39, 0.29) is 5.91 Å². The highest BCUT2D eigenvalue weighted by atomic mass is 79.9. The second-order valence-corrected chi connectivity index (χ2v) is 6.94. The van der Waals surface area contributed by atoms with Gasteiger partial charge in [-0.05, 0) is 36.2 Å². The third-order valence-corrected chi connectivity index (χ3v) is 4.61. The fourth-order valence-electron chi connectivity index (χ4n) is 2.08. The molecule has 0 saturated heterocycles. The molecule has 0 heterocycles. The highest BCUT2D eigenvalue weighted by Gasteiger charge is 2.05. The van der Waals surface area contributed by atoms with Gasteiger partial charge in [-0.3, -0.25) is 4.79 Å². The average molecular weight is 394 g/mol. The van der Waals surface area contributed by atoms with Crippen LogP contribution in [-0.4, -0.2) is 24.0 Å². The van der Waals surface area contributed by atoms with Gasteiger partial charge in [0.2, 0.25) is 5.91 Å². The lowest BCUT2D eigenvalue weighted by molar-refractivity contribution is -0.113. The van der Waals surface area contributed by atoms with Crippen molar-refractivity contribution in [2.45, 2.75) is 13.3 Å². The number of rotatable bonds is 8. The maximum atomic E-state index is 12.0. The third-order valence-electron chi connectivity index (χ3n) is 3.20. The molecule has 0 aliphatic rings. The maximum Gasteiger partial charge on any atom is 0.234 e. The molecule has 0 aromatic heterocycles. The molecule has 0 aliphatic carbocycles. The Balaban J connectivity index is 1.67. The number of carbonyl (C=O) groups is 1. The number of carbonyl (C=O) groups excluding carboxylic acids is 1. The smallest absolute Gasteiger partial charge is 0.234 e. The summed E-state index contributed by atoms with van der Waals surface area (Å²) in [6.07, 6.45) is 0.907. The van der Waals surface area contributed by atoms with Gasteiger partial charge in [-0.15, -0.1) is 11.8 Å². The van der Waals surface area contributed by atoms with E-state index in [2.05, 4.69) is 28.2 Å². The zero-order chi connectivity index (χ0) is 16.5. The van der Waals surface area contributed by atoms with Gasteiger partial charge in [0.15, 0.2) is 0 Å². The van der Waals surface area contributed by atoms with E-state index >= 15 is 0 Å². The van der Waals surface area contributed by atoms with Crippen LogP contribution in [-0.2, 0) is 11.2 Å². The minimum Gasteiger partial charge on any atom is -0.493 e. The number of anilines is 1. The molecule has 0 fully saturated rings. The SMILES string of the molecule is CCc1ccccc1NC(=O)CSCCOc1cccc(Br)c1. The standard InChI is InChI=1S/C18H20BrNO2S/c1-2-14-6-3-4-9-17(14)20-18(21)13-23-11-10-22-16-8-5-7-15(19)12-16/h3-9,12H,2,10-11,13H2,1H3,(H,20,21). The summed E-state index contributed by atoms with van der Waals surface area (Å²) in [4.78, 5) is 12.0. The van der Waals surface area contributed by atoms with Crippen molar-refractivity contribution < 1.29 is 9.53 Å². The number of thioether (sulfide) groups is 1. The van der Waals surface area contributed by atoms with E-state index < -0.39 is 0 Å². The molecule has 2 aromatic carbocycles. The molecule has 0 unspecified atom stereocenters. The van der Waals surface area contributed by atoms with Crippen LogP contribution in [0.3, 0.4) is 0 Å². The molecule has 3 nitrogen and oxygen atoms in total. The monoisotopic (exact) mass is 393 g/mol. The topological polar surface area (TPSA) is 38.3 Å². The summed E-state index contributed by atoms with van der Waals surface area (Å²) in [5.74, 6) is 2.06. The Morgan fingerprint density at radius 1 is 1.22 bits per heavy atom. The number of nitrogens with one attached hydrogen (secondary N) is 1. The van der Waals surface area contributed by atoms with Crippen molar-refractivity contribution in [1.82, 2.24) is 0 Å². The van der Waals surface area contributed by atoms with Gasteiger partial charge >= 0.3 is 0 Å². The van der Waals surface area contributed by atoms with Crippen LogP contribution in [0.4, 0.5) is 5.69 Å². The number of ether oxygens (including phenoxy) is 1. The minimum atomic E-state index is 0.0263. The van der Waals surface area contributed by atoms with E-state index in [4.69, 9.17) is 4.74 Å². The van der Waals surface area contributed by atoms with Crippen molar-refractivity contribution in [2.24, 2.45) is 0 Å². The van der Waals surface area contributed by atoms with E-state index in [0.717, 1.165) is 33.6 Å². The Labute approximate surface area is 149 Å². The van der Waals surface area contributed by atoms with Gasteiger partial charge in [-0.2, -0.15) is 0 Å². The molecule has 122 valence electrons. The zero-order valence-corrected chi connectivity index (χ0v) is 15.5. The molecule has 0 saturated carbocycles. The predicted octanol–water partition coefficient (Wildman–Crippen LogP) is 4.76. The first-order valence-corrected chi connectivity index (χ1v) is 9.47. The fourth-order valence-corrected chi connectivity index (χ4v) is 3.06. The molecule has 2 aromatic rings. The minimum absolute atomic E-state index is 0.0263. The first-order valence-electron chi connectivity index (χ1n) is 7.53. The largest absolute Gasteiger partial charge is 0.493 e. The average Bonchev–Trinajstić information content (AvgIpc) is 2.55. The molecule has 23 heavy (non-hydrogen) atoms. The molecule has 0 aliphatic heterocycles. The quantitative estimate of drug-likeness (QED) is 0.656. The lowest BCUT2D eigenvalue weighted by Crippen LogP contribution is -2.16. The number of amides is 1. The van der Waals surface area contributed by atoms with Gasteiger partial charge in [-0.25, -0.2) is 0 Å².